The fourth-order valence-electron chi connectivity index (χ4n) is 8.28. The number of ether oxygens (including phenoxy) is 3. The van der Waals surface area contributed by atoms with E-state index >= 15 is 0 Å². The number of carbonyl (C=O) groups excluding carboxylic acids is 3. The zero-order valence-electron chi connectivity index (χ0n) is 32.4. The van der Waals surface area contributed by atoms with Gasteiger partial charge >= 0.3 is 0 Å². The molecule has 0 bridgehead atoms. The highest BCUT2D eigenvalue weighted by atomic mass is 16.7. The second kappa shape index (κ2) is 16.0. The summed E-state index contributed by atoms with van der Waals surface area (Å²) in [6, 6.07) is 19.6. The van der Waals surface area contributed by atoms with Gasteiger partial charge in [0, 0.05) is 65.3 Å². The number of aromatic nitrogens is 4. The van der Waals surface area contributed by atoms with Gasteiger partial charge in [-0.25, -0.2) is 0 Å². The van der Waals surface area contributed by atoms with E-state index in [1.165, 1.54) is 25.3 Å². The normalized spacial score (nSPS) is 23.2. The molecular formula is C44H41N5O11. The Kier molecular flexibility index (Phi) is 10.8. The van der Waals surface area contributed by atoms with Gasteiger partial charge in [0.15, 0.2) is 17.9 Å². The van der Waals surface area contributed by atoms with E-state index in [1.807, 2.05) is 54.9 Å². The number of pyridine rings is 2. The van der Waals surface area contributed by atoms with Gasteiger partial charge in [-0.05, 0) is 42.8 Å². The van der Waals surface area contributed by atoms with E-state index < -0.39 is 95.7 Å². The van der Waals surface area contributed by atoms with E-state index in [2.05, 4.69) is 26.2 Å². The SMILES string of the molecule is COc1cccc2c1C(=O)c1c(O)c3c(c(O)c1C2=O)C[C@@](O)(C(=O)CO)C[C@@H]3O[C@H]1C[C@H](N)[C@H](O)[C@H](C)O1.c1ccc(-c2[nH]ncc2-c2ccnc3ccccc23)nc1. The number of nitrogens with two attached hydrogens (primary N) is 1. The van der Waals surface area contributed by atoms with Crippen LogP contribution >= 0.6 is 0 Å². The van der Waals surface area contributed by atoms with Crippen molar-refractivity contribution >= 4 is 28.3 Å². The quantitative estimate of drug-likeness (QED) is 0.113. The number of aliphatic hydroxyl groups is 3. The molecule has 60 heavy (non-hydrogen) atoms. The van der Waals surface area contributed by atoms with E-state index in [1.54, 1.807) is 13.1 Å². The van der Waals surface area contributed by atoms with Crippen LogP contribution < -0.4 is 10.5 Å². The first-order valence-electron chi connectivity index (χ1n) is 19.1. The Morgan fingerprint density at radius 1 is 0.933 bits per heavy atom. The number of rotatable bonds is 7. The summed E-state index contributed by atoms with van der Waals surface area (Å²) in [6.07, 6.45) is 0.325. The molecule has 6 aromatic rings. The molecule has 16 nitrogen and oxygen atoms in total. The molecule has 308 valence electrons. The average molecular weight is 816 g/mol. The molecule has 9 rings (SSSR count). The van der Waals surface area contributed by atoms with Crippen LogP contribution in [0.4, 0.5) is 0 Å². The highest BCUT2D eigenvalue weighted by molar-refractivity contribution is 6.31. The number of para-hydroxylation sites is 1. The van der Waals surface area contributed by atoms with Gasteiger partial charge in [0.25, 0.3) is 0 Å². The summed E-state index contributed by atoms with van der Waals surface area (Å²) in [7, 11) is 1.32. The van der Waals surface area contributed by atoms with Crippen LogP contribution in [0, 0.1) is 0 Å². The molecule has 0 unspecified atom stereocenters. The average Bonchev–Trinajstić information content (AvgIpc) is 3.75. The van der Waals surface area contributed by atoms with Crippen LogP contribution in [0.15, 0.2) is 85.3 Å². The largest absolute Gasteiger partial charge is 0.507 e. The zero-order chi connectivity index (χ0) is 42.5. The van der Waals surface area contributed by atoms with Crippen molar-refractivity contribution < 1.29 is 54.1 Å². The van der Waals surface area contributed by atoms with Crippen molar-refractivity contribution in [2.24, 2.45) is 5.73 Å². The molecule has 1 fully saturated rings. The minimum atomic E-state index is -2.24. The first kappa shape index (κ1) is 40.4. The van der Waals surface area contributed by atoms with E-state index in [-0.39, 0.29) is 34.4 Å². The number of aliphatic hydroxyl groups excluding tert-OH is 2. The van der Waals surface area contributed by atoms with Gasteiger partial charge < -0.3 is 45.5 Å². The number of ketones is 3. The number of benzene rings is 3. The Labute approximate surface area is 342 Å². The number of phenolic OH excluding ortho intramolecular Hbond substituents is 2. The molecule has 1 saturated heterocycles. The second-order valence-electron chi connectivity index (χ2n) is 14.9. The van der Waals surface area contributed by atoms with E-state index in [0.717, 1.165) is 33.4 Å². The van der Waals surface area contributed by atoms with Crippen LogP contribution in [0.5, 0.6) is 17.2 Å². The Hall–Kier alpha value is -6.40. The summed E-state index contributed by atoms with van der Waals surface area (Å²) < 4.78 is 17.0. The lowest BCUT2D eigenvalue weighted by Gasteiger charge is -2.42. The number of nitrogens with one attached hydrogen (secondary N) is 1. The molecule has 0 amide bonds. The molecule has 3 aliphatic rings. The molecule has 4 heterocycles. The number of methoxy groups -OCH3 is 1. The molecule has 16 heteroatoms. The monoisotopic (exact) mass is 815 g/mol. The predicted molar refractivity (Wildman–Crippen MR) is 214 cm³/mol. The summed E-state index contributed by atoms with van der Waals surface area (Å²) in [4.78, 5) is 48.5. The van der Waals surface area contributed by atoms with Crippen LogP contribution in [0.1, 0.15) is 68.8 Å². The van der Waals surface area contributed by atoms with Crippen molar-refractivity contribution in [3.05, 3.63) is 119 Å². The Morgan fingerprint density at radius 3 is 2.43 bits per heavy atom. The fourth-order valence-corrected chi connectivity index (χ4v) is 8.28. The maximum atomic E-state index is 13.6. The maximum Gasteiger partial charge on any atom is 0.202 e. The Morgan fingerprint density at radius 2 is 1.70 bits per heavy atom. The lowest BCUT2D eigenvalue weighted by atomic mass is 9.72. The summed E-state index contributed by atoms with van der Waals surface area (Å²) in [5.74, 6) is -3.77. The lowest BCUT2D eigenvalue weighted by molar-refractivity contribution is -0.247. The Balaban J connectivity index is 0.000000198. The predicted octanol–water partition coefficient (Wildman–Crippen LogP) is 3.69. The van der Waals surface area contributed by atoms with E-state index in [4.69, 9.17) is 19.9 Å². The molecule has 3 aromatic heterocycles. The number of H-pyrrole nitrogens is 1. The van der Waals surface area contributed by atoms with Gasteiger partial charge in [0.1, 0.15) is 29.5 Å². The highest BCUT2D eigenvalue weighted by Gasteiger charge is 2.50. The lowest BCUT2D eigenvalue weighted by Crippen LogP contribution is -2.53. The molecule has 8 N–H and O–H groups in total. The molecule has 3 aromatic carbocycles. The van der Waals surface area contributed by atoms with Crippen molar-refractivity contribution in [2.45, 2.75) is 62.4 Å². The molecule has 0 spiro atoms. The van der Waals surface area contributed by atoms with Crippen LogP contribution in [-0.2, 0) is 20.7 Å². The van der Waals surface area contributed by atoms with Gasteiger partial charge in [0.05, 0.1) is 65.2 Å². The molecule has 0 saturated carbocycles. The van der Waals surface area contributed by atoms with Crippen molar-refractivity contribution in [1.29, 1.82) is 0 Å². The van der Waals surface area contributed by atoms with Crippen LogP contribution in [0.25, 0.3) is 33.4 Å². The summed E-state index contributed by atoms with van der Waals surface area (Å²) in [5, 5.41) is 62.1. The molecule has 1 aliphatic heterocycles. The minimum absolute atomic E-state index is 0.0173. The van der Waals surface area contributed by atoms with Crippen LogP contribution in [0.2, 0.25) is 0 Å². The summed E-state index contributed by atoms with van der Waals surface area (Å²) >= 11 is 0. The second-order valence-corrected chi connectivity index (χ2v) is 14.9. The number of aromatic hydroxyl groups is 2. The van der Waals surface area contributed by atoms with Crippen molar-refractivity contribution in [1.82, 2.24) is 20.2 Å². The third-order valence-electron chi connectivity index (χ3n) is 11.3. The number of aromatic amines is 1. The molecule has 0 radical (unpaired) electrons. The van der Waals surface area contributed by atoms with Gasteiger partial charge in [-0.15, -0.1) is 0 Å². The van der Waals surface area contributed by atoms with Crippen molar-refractivity contribution in [3.8, 4) is 39.8 Å². The smallest absolute Gasteiger partial charge is 0.202 e. The van der Waals surface area contributed by atoms with E-state index in [9.17, 15) is 39.9 Å². The Bertz CT molecular complexity index is 2630. The zero-order valence-corrected chi connectivity index (χ0v) is 32.4. The number of carbonyl (C=O) groups is 3. The van der Waals surface area contributed by atoms with Gasteiger partial charge in [-0.1, -0.05) is 36.4 Å². The fraction of sp³-hybridized carbons (Fsp3) is 0.273. The van der Waals surface area contributed by atoms with Crippen molar-refractivity contribution in [2.75, 3.05) is 13.7 Å². The number of nitrogens with zero attached hydrogens (tertiary/aromatic N) is 3. The first-order valence-corrected chi connectivity index (χ1v) is 19.1. The summed E-state index contributed by atoms with van der Waals surface area (Å²) in [6.45, 7) is 0.560. The summed E-state index contributed by atoms with van der Waals surface area (Å²) in [5.41, 5.74) is 7.29. The number of hydrogen-bond donors (Lipinski definition) is 7. The van der Waals surface area contributed by atoms with Gasteiger partial charge in [-0.3, -0.25) is 29.5 Å². The third-order valence-corrected chi connectivity index (χ3v) is 11.3. The number of Topliss-reactive ketones (excluding diaryl/α,β-unsaturated/α-hetero) is 1. The number of phenols is 2. The topological polar surface area (TPSA) is 261 Å². The number of fused-ring (bicyclic) bond motifs is 4. The van der Waals surface area contributed by atoms with Gasteiger partial charge in [0.2, 0.25) is 5.78 Å². The minimum Gasteiger partial charge on any atom is -0.507 e. The standard InChI is InChI=1S/C27H29NO11.C17H12N4/c1-10-22(31)13(28)6-17(38-10)39-15-8-27(36,16(30)9-29)7-12-19(15)26(35)21-20(24(12)33)23(32)11-4-3-5-14(37-2)18(11)25(21)34;1-2-6-15-13(5-1)12(8-10-19-15)14-11-20-21-17(14)16-7-3-4-9-18-16/h3-5,10,13,15,17,22,29,31,33,35-36H,6-9,28H2,1-2H3;1-11H,(H,20,21)/t10-,13-,15-,17-,22+,27-;/m0./s1. The molecular weight excluding hydrogens is 775 g/mol. The number of hydrogen-bond acceptors (Lipinski definition) is 15. The van der Waals surface area contributed by atoms with Gasteiger partial charge in [-0.2, -0.15) is 5.10 Å². The highest BCUT2D eigenvalue weighted by Crippen LogP contribution is 2.52. The maximum absolute atomic E-state index is 13.6. The first-order chi connectivity index (χ1) is 28.9. The van der Waals surface area contributed by atoms with E-state index in [0.29, 0.717) is 0 Å². The van der Waals surface area contributed by atoms with Crippen LogP contribution in [-0.4, -0.2) is 107 Å². The van der Waals surface area contributed by atoms with Crippen molar-refractivity contribution in [3.63, 3.8) is 0 Å². The van der Waals surface area contributed by atoms with Crippen LogP contribution in [0.3, 0.4) is 0 Å². The molecule has 2 aliphatic carbocycles. The third kappa shape index (κ3) is 6.88. The molecule has 6 atom stereocenters.